The topological polar surface area (TPSA) is 55.1 Å². The predicted octanol–water partition coefficient (Wildman–Crippen LogP) is 3.27. The van der Waals surface area contributed by atoms with Gasteiger partial charge >= 0.3 is 0 Å². The van der Waals surface area contributed by atoms with Crippen LogP contribution in [-0.4, -0.2) is 10.9 Å². The molecular weight excluding hydrogens is 264 g/mol. The molecule has 0 saturated carbocycles. The second-order valence-electron chi connectivity index (χ2n) is 4.57. The molecule has 0 saturated heterocycles. The molecule has 3 aromatic rings. The maximum absolute atomic E-state index is 11.8. The van der Waals surface area contributed by atoms with Crippen LogP contribution in [0.3, 0.4) is 0 Å². The molecule has 1 N–H and O–H groups in total. The van der Waals surface area contributed by atoms with E-state index in [4.69, 9.17) is 4.42 Å². The van der Waals surface area contributed by atoms with Gasteiger partial charge in [-0.3, -0.25) is 9.78 Å². The van der Waals surface area contributed by atoms with Crippen LogP contribution in [0, 0.1) is 0 Å². The third-order valence-corrected chi connectivity index (χ3v) is 3.11. The monoisotopic (exact) mass is 278 g/mol. The van der Waals surface area contributed by atoms with Crippen molar-refractivity contribution in [2.24, 2.45) is 0 Å². The van der Waals surface area contributed by atoms with E-state index in [9.17, 15) is 4.79 Å². The summed E-state index contributed by atoms with van der Waals surface area (Å²) >= 11 is 0. The van der Waals surface area contributed by atoms with Crippen molar-refractivity contribution < 1.29 is 9.21 Å². The molecule has 0 unspecified atom stereocenters. The molecular formula is C17H14N2O2. The molecule has 1 amide bonds. The van der Waals surface area contributed by atoms with Crippen LogP contribution in [0.25, 0.3) is 11.3 Å². The lowest BCUT2D eigenvalue weighted by atomic mass is 10.1. The van der Waals surface area contributed by atoms with Gasteiger partial charge in [-0.15, -0.1) is 0 Å². The highest BCUT2D eigenvalue weighted by atomic mass is 16.3. The van der Waals surface area contributed by atoms with Crippen molar-refractivity contribution in [1.29, 1.82) is 0 Å². The van der Waals surface area contributed by atoms with E-state index in [-0.39, 0.29) is 5.91 Å². The van der Waals surface area contributed by atoms with Crippen molar-refractivity contribution in [1.82, 2.24) is 10.3 Å². The Morgan fingerprint density at radius 1 is 1.05 bits per heavy atom. The molecule has 0 aliphatic heterocycles. The Morgan fingerprint density at radius 3 is 2.57 bits per heavy atom. The molecule has 3 rings (SSSR count). The second kappa shape index (κ2) is 6.05. The van der Waals surface area contributed by atoms with Crippen LogP contribution in [0.2, 0.25) is 0 Å². The molecule has 0 spiro atoms. The molecule has 2 heterocycles. The van der Waals surface area contributed by atoms with Crippen LogP contribution in [0.5, 0.6) is 0 Å². The average Bonchev–Trinajstić information content (AvgIpc) is 3.08. The van der Waals surface area contributed by atoms with Gasteiger partial charge in [0.2, 0.25) is 0 Å². The summed E-state index contributed by atoms with van der Waals surface area (Å²) in [6, 6.07) is 17.1. The summed E-state index contributed by atoms with van der Waals surface area (Å²) < 4.78 is 5.04. The van der Waals surface area contributed by atoms with Gasteiger partial charge in [0.05, 0.1) is 12.0 Å². The van der Waals surface area contributed by atoms with Crippen LogP contribution >= 0.6 is 0 Å². The van der Waals surface area contributed by atoms with Gasteiger partial charge in [0.25, 0.3) is 5.91 Å². The molecule has 4 heteroatoms. The van der Waals surface area contributed by atoms with E-state index < -0.39 is 0 Å². The highest BCUT2D eigenvalue weighted by molar-refractivity contribution is 5.91. The van der Waals surface area contributed by atoms with E-state index >= 15 is 0 Å². The summed E-state index contributed by atoms with van der Waals surface area (Å²) in [5, 5.41) is 2.81. The third kappa shape index (κ3) is 3.17. The summed E-state index contributed by atoms with van der Waals surface area (Å²) in [6.07, 6.45) is 3.25. The van der Waals surface area contributed by atoms with Gasteiger partial charge in [0.15, 0.2) is 5.76 Å². The molecule has 0 aliphatic rings. The van der Waals surface area contributed by atoms with Gasteiger partial charge < -0.3 is 9.73 Å². The van der Waals surface area contributed by atoms with E-state index in [1.54, 1.807) is 18.3 Å². The lowest BCUT2D eigenvalue weighted by Crippen LogP contribution is -2.22. The molecule has 1 aromatic carbocycles. The van der Waals surface area contributed by atoms with E-state index in [2.05, 4.69) is 10.3 Å². The predicted molar refractivity (Wildman–Crippen MR) is 79.6 cm³/mol. The zero-order valence-corrected chi connectivity index (χ0v) is 11.3. The van der Waals surface area contributed by atoms with Crippen molar-refractivity contribution in [3.8, 4) is 11.3 Å². The van der Waals surface area contributed by atoms with Crippen molar-refractivity contribution in [3.05, 3.63) is 78.4 Å². The number of benzene rings is 1. The highest BCUT2D eigenvalue weighted by Gasteiger charge is 2.07. The third-order valence-electron chi connectivity index (χ3n) is 3.11. The number of amides is 1. The summed E-state index contributed by atoms with van der Waals surface area (Å²) in [6.45, 7) is 0.460. The molecule has 2 aromatic heterocycles. The normalized spacial score (nSPS) is 10.3. The molecule has 4 nitrogen and oxygen atoms in total. The van der Waals surface area contributed by atoms with Crippen LogP contribution in [0.1, 0.15) is 16.1 Å². The first kappa shape index (κ1) is 13.1. The zero-order chi connectivity index (χ0) is 14.5. The number of carbonyl (C=O) groups is 1. The van der Waals surface area contributed by atoms with Crippen molar-refractivity contribution in [2.45, 2.75) is 6.54 Å². The lowest BCUT2D eigenvalue weighted by molar-refractivity contribution is 0.0923. The smallest absolute Gasteiger partial charge is 0.287 e. The van der Waals surface area contributed by atoms with Gasteiger partial charge in [-0.1, -0.05) is 30.3 Å². The number of aromatic nitrogens is 1. The molecule has 0 radical (unpaired) electrons. The quantitative estimate of drug-likeness (QED) is 0.797. The minimum atomic E-state index is -0.214. The largest absolute Gasteiger partial charge is 0.459 e. The maximum Gasteiger partial charge on any atom is 0.287 e. The average molecular weight is 278 g/mol. The van der Waals surface area contributed by atoms with Gasteiger partial charge in [-0.25, -0.2) is 0 Å². The van der Waals surface area contributed by atoms with Gasteiger partial charge in [0, 0.05) is 18.3 Å². The summed E-state index contributed by atoms with van der Waals surface area (Å²) in [4.78, 5) is 16.1. The molecule has 0 atom stereocenters. The minimum Gasteiger partial charge on any atom is -0.459 e. The number of hydrogen-bond acceptors (Lipinski definition) is 3. The van der Waals surface area contributed by atoms with Crippen LogP contribution in [0.15, 0.2) is 71.5 Å². The van der Waals surface area contributed by atoms with E-state index in [1.165, 1.54) is 6.26 Å². The Labute approximate surface area is 122 Å². The standard InChI is InChI=1S/C17H14N2O2/c20-17(16-5-3-11-21-16)19-12-13-6-8-14(9-7-13)15-4-1-2-10-18-15/h1-11H,12H2,(H,19,20). The van der Waals surface area contributed by atoms with Crippen LogP contribution in [0.4, 0.5) is 0 Å². The SMILES string of the molecule is O=C(NCc1ccc(-c2ccccn2)cc1)c1ccco1. The highest BCUT2D eigenvalue weighted by Crippen LogP contribution is 2.16. The fourth-order valence-corrected chi connectivity index (χ4v) is 2.00. The number of rotatable bonds is 4. The number of carbonyl (C=O) groups excluding carboxylic acids is 1. The maximum atomic E-state index is 11.8. The van der Waals surface area contributed by atoms with E-state index in [0.29, 0.717) is 12.3 Å². The van der Waals surface area contributed by atoms with Gasteiger partial charge in [-0.2, -0.15) is 0 Å². The molecule has 104 valence electrons. The Morgan fingerprint density at radius 2 is 1.90 bits per heavy atom. The van der Waals surface area contributed by atoms with Crippen LogP contribution < -0.4 is 5.32 Å². The molecule has 0 aliphatic carbocycles. The Bertz CT molecular complexity index is 704. The van der Waals surface area contributed by atoms with Gasteiger partial charge in [0.1, 0.15) is 0 Å². The number of nitrogens with zero attached hydrogens (tertiary/aromatic N) is 1. The first-order valence-corrected chi connectivity index (χ1v) is 6.65. The second-order valence-corrected chi connectivity index (χ2v) is 4.57. The van der Waals surface area contributed by atoms with Crippen molar-refractivity contribution in [2.75, 3.05) is 0 Å². The molecule has 0 fully saturated rings. The first-order chi connectivity index (χ1) is 10.3. The first-order valence-electron chi connectivity index (χ1n) is 6.65. The molecule has 21 heavy (non-hydrogen) atoms. The lowest BCUT2D eigenvalue weighted by Gasteiger charge is -2.05. The Kier molecular flexibility index (Phi) is 3.78. The number of pyridine rings is 1. The van der Waals surface area contributed by atoms with Crippen LogP contribution in [-0.2, 0) is 6.54 Å². The van der Waals surface area contributed by atoms with Gasteiger partial charge in [-0.05, 0) is 29.8 Å². The fourth-order valence-electron chi connectivity index (χ4n) is 2.00. The van der Waals surface area contributed by atoms with E-state index in [1.807, 2.05) is 42.5 Å². The zero-order valence-electron chi connectivity index (χ0n) is 11.3. The summed E-state index contributed by atoms with van der Waals surface area (Å²) in [5.74, 6) is 0.105. The van der Waals surface area contributed by atoms with Crippen molar-refractivity contribution in [3.63, 3.8) is 0 Å². The number of nitrogens with one attached hydrogen (secondary N) is 1. The number of hydrogen-bond donors (Lipinski definition) is 1. The fraction of sp³-hybridized carbons (Fsp3) is 0.0588. The molecule has 0 bridgehead atoms. The summed E-state index contributed by atoms with van der Waals surface area (Å²) in [5.41, 5.74) is 3.01. The Hall–Kier alpha value is -2.88. The van der Waals surface area contributed by atoms with E-state index in [0.717, 1.165) is 16.8 Å². The number of furan rings is 1. The summed E-state index contributed by atoms with van der Waals surface area (Å²) in [7, 11) is 0. The Balaban J connectivity index is 1.64. The van der Waals surface area contributed by atoms with Crippen molar-refractivity contribution >= 4 is 5.91 Å². The minimum absolute atomic E-state index is 0.214.